The summed E-state index contributed by atoms with van der Waals surface area (Å²) in [6.07, 6.45) is 2.10. The maximum atomic E-state index is 13.1. The molecule has 4 rings (SSSR count). The van der Waals surface area contributed by atoms with Crippen LogP contribution in [0.2, 0.25) is 5.02 Å². The van der Waals surface area contributed by atoms with E-state index in [1.807, 2.05) is 0 Å². The molecule has 1 saturated heterocycles. The SMILES string of the molecule is Cc1ccc(CSc2nc3cc(Cl)ccc3c(=O)n2CC2CCCO2)cc1. The van der Waals surface area contributed by atoms with Crippen molar-refractivity contribution < 1.29 is 4.74 Å². The second kappa shape index (κ2) is 8.05. The molecule has 4 nitrogen and oxygen atoms in total. The van der Waals surface area contributed by atoms with E-state index >= 15 is 0 Å². The van der Waals surface area contributed by atoms with Gasteiger partial charge in [0.2, 0.25) is 0 Å². The fourth-order valence-corrected chi connectivity index (χ4v) is 4.40. The van der Waals surface area contributed by atoms with Crippen LogP contribution < -0.4 is 5.56 Å². The number of aryl methyl sites for hydroxylation is 1. The molecule has 2 aromatic carbocycles. The van der Waals surface area contributed by atoms with Crippen molar-refractivity contribution in [2.24, 2.45) is 0 Å². The van der Waals surface area contributed by atoms with Gasteiger partial charge in [-0.25, -0.2) is 4.98 Å². The third kappa shape index (κ3) is 4.21. The predicted octanol–water partition coefficient (Wildman–Crippen LogP) is 4.83. The normalized spacial score (nSPS) is 16.9. The zero-order valence-electron chi connectivity index (χ0n) is 15.2. The topological polar surface area (TPSA) is 44.1 Å². The molecule has 1 atom stereocenters. The fraction of sp³-hybridized carbons (Fsp3) is 0.333. The Balaban J connectivity index is 1.70. The Morgan fingerprint density at radius 1 is 1.26 bits per heavy atom. The molecule has 0 bridgehead atoms. The van der Waals surface area contributed by atoms with Gasteiger partial charge in [-0.3, -0.25) is 9.36 Å². The molecule has 0 aliphatic carbocycles. The van der Waals surface area contributed by atoms with Gasteiger partial charge in [-0.2, -0.15) is 0 Å². The zero-order valence-corrected chi connectivity index (χ0v) is 16.7. The molecule has 0 N–H and O–H groups in total. The summed E-state index contributed by atoms with van der Waals surface area (Å²) < 4.78 is 7.53. The highest BCUT2D eigenvalue weighted by Crippen LogP contribution is 2.25. The fourth-order valence-electron chi connectivity index (χ4n) is 3.27. The molecule has 1 fully saturated rings. The average molecular weight is 401 g/mol. The van der Waals surface area contributed by atoms with Gasteiger partial charge in [-0.1, -0.05) is 53.2 Å². The first kappa shape index (κ1) is 18.5. The maximum absolute atomic E-state index is 13.1. The third-order valence-corrected chi connectivity index (χ3v) is 6.06. The van der Waals surface area contributed by atoms with Crippen molar-refractivity contribution in [1.29, 1.82) is 0 Å². The van der Waals surface area contributed by atoms with Gasteiger partial charge in [0.15, 0.2) is 5.16 Å². The van der Waals surface area contributed by atoms with E-state index in [9.17, 15) is 4.79 Å². The van der Waals surface area contributed by atoms with Crippen LogP contribution in [0.3, 0.4) is 0 Å². The van der Waals surface area contributed by atoms with Gasteiger partial charge < -0.3 is 4.74 Å². The molecule has 0 saturated carbocycles. The second-order valence-corrected chi connectivity index (χ2v) is 8.26. The van der Waals surface area contributed by atoms with Gasteiger partial charge >= 0.3 is 0 Å². The highest BCUT2D eigenvalue weighted by Gasteiger charge is 2.20. The Kier molecular flexibility index (Phi) is 5.53. The number of nitrogens with zero attached hydrogens (tertiary/aromatic N) is 2. The smallest absolute Gasteiger partial charge is 0.262 e. The third-order valence-electron chi connectivity index (χ3n) is 4.78. The molecule has 0 radical (unpaired) electrons. The van der Waals surface area contributed by atoms with Gasteiger partial charge in [0.25, 0.3) is 5.56 Å². The lowest BCUT2D eigenvalue weighted by Gasteiger charge is -2.16. The lowest BCUT2D eigenvalue weighted by molar-refractivity contribution is 0.0937. The Labute approximate surface area is 167 Å². The summed E-state index contributed by atoms with van der Waals surface area (Å²) in [6.45, 7) is 3.38. The molecule has 140 valence electrons. The largest absolute Gasteiger partial charge is 0.376 e. The lowest BCUT2D eigenvalue weighted by atomic mass is 10.2. The van der Waals surface area contributed by atoms with Crippen LogP contribution >= 0.6 is 23.4 Å². The quantitative estimate of drug-likeness (QED) is 0.454. The summed E-state index contributed by atoms with van der Waals surface area (Å²) >= 11 is 7.69. The van der Waals surface area contributed by atoms with Crippen LogP contribution in [0.25, 0.3) is 10.9 Å². The monoisotopic (exact) mass is 400 g/mol. The number of ether oxygens (including phenoxy) is 1. The minimum absolute atomic E-state index is 0.0291. The van der Waals surface area contributed by atoms with Gasteiger partial charge in [0.05, 0.1) is 23.6 Å². The van der Waals surface area contributed by atoms with Gasteiger partial charge in [-0.05, 0) is 43.5 Å². The molecule has 0 spiro atoms. The number of hydrogen-bond acceptors (Lipinski definition) is 4. The number of thioether (sulfide) groups is 1. The molecule has 6 heteroatoms. The lowest BCUT2D eigenvalue weighted by Crippen LogP contribution is -2.28. The number of hydrogen-bond donors (Lipinski definition) is 0. The summed E-state index contributed by atoms with van der Waals surface area (Å²) in [4.78, 5) is 17.9. The molecule has 1 aromatic heterocycles. The Bertz CT molecular complexity index is 1010. The van der Waals surface area contributed by atoms with Crippen molar-refractivity contribution in [1.82, 2.24) is 9.55 Å². The van der Waals surface area contributed by atoms with Crippen LogP contribution in [0.4, 0.5) is 0 Å². The number of fused-ring (bicyclic) bond motifs is 1. The minimum atomic E-state index is -0.0291. The Morgan fingerprint density at radius 3 is 2.81 bits per heavy atom. The molecule has 1 unspecified atom stereocenters. The van der Waals surface area contributed by atoms with Crippen LogP contribution in [-0.4, -0.2) is 22.3 Å². The van der Waals surface area contributed by atoms with E-state index in [2.05, 4.69) is 31.2 Å². The highest BCUT2D eigenvalue weighted by atomic mass is 35.5. The van der Waals surface area contributed by atoms with E-state index < -0.39 is 0 Å². The first-order valence-electron chi connectivity index (χ1n) is 9.10. The Morgan fingerprint density at radius 2 is 2.07 bits per heavy atom. The molecular weight excluding hydrogens is 380 g/mol. The van der Waals surface area contributed by atoms with Crippen LogP contribution in [-0.2, 0) is 17.0 Å². The van der Waals surface area contributed by atoms with Crippen LogP contribution in [0.15, 0.2) is 52.4 Å². The summed E-state index contributed by atoms with van der Waals surface area (Å²) in [5.41, 5.74) is 3.05. The number of halogens is 1. The van der Waals surface area contributed by atoms with Crippen LogP contribution in [0, 0.1) is 6.92 Å². The maximum Gasteiger partial charge on any atom is 0.262 e. The van der Waals surface area contributed by atoms with Crippen LogP contribution in [0.5, 0.6) is 0 Å². The van der Waals surface area contributed by atoms with E-state index in [1.165, 1.54) is 11.1 Å². The molecule has 1 aliphatic heterocycles. The summed E-state index contributed by atoms with van der Waals surface area (Å²) in [7, 11) is 0. The first-order valence-corrected chi connectivity index (χ1v) is 10.5. The molecular formula is C21H21ClN2O2S. The van der Waals surface area contributed by atoms with Crippen molar-refractivity contribution in [2.45, 2.75) is 43.3 Å². The number of benzene rings is 2. The Hall–Kier alpha value is -1.82. The van der Waals surface area contributed by atoms with Gasteiger partial charge in [0.1, 0.15) is 0 Å². The van der Waals surface area contributed by atoms with E-state index in [0.29, 0.717) is 27.6 Å². The van der Waals surface area contributed by atoms with Gasteiger partial charge in [-0.15, -0.1) is 0 Å². The highest BCUT2D eigenvalue weighted by molar-refractivity contribution is 7.98. The minimum Gasteiger partial charge on any atom is -0.376 e. The van der Waals surface area contributed by atoms with E-state index in [4.69, 9.17) is 21.3 Å². The standard InChI is InChI=1S/C21H21ClN2O2S/c1-14-4-6-15(7-5-14)13-27-21-23-19-11-16(22)8-9-18(19)20(25)24(21)12-17-3-2-10-26-17/h4-9,11,17H,2-3,10,12-13H2,1H3. The summed E-state index contributed by atoms with van der Waals surface area (Å²) in [5, 5.41) is 1.89. The van der Waals surface area contributed by atoms with E-state index in [1.54, 1.807) is 34.5 Å². The first-order chi connectivity index (χ1) is 13.1. The van der Waals surface area contributed by atoms with Crippen molar-refractivity contribution in [3.63, 3.8) is 0 Å². The number of rotatable bonds is 5. The average Bonchev–Trinajstić information content (AvgIpc) is 3.17. The molecule has 0 amide bonds. The van der Waals surface area contributed by atoms with Crippen molar-refractivity contribution >= 4 is 34.3 Å². The molecule has 2 heterocycles. The van der Waals surface area contributed by atoms with E-state index in [-0.39, 0.29) is 11.7 Å². The van der Waals surface area contributed by atoms with Crippen molar-refractivity contribution in [2.75, 3.05) is 6.61 Å². The number of aromatic nitrogens is 2. The zero-order chi connectivity index (χ0) is 18.8. The summed E-state index contributed by atoms with van der Waals surface area (Å²) in [5.74, 6) is 0.754. The van der Waals surface area contributed by atoms with Crippen molar-refractivity contribution in [3.05, 3.63) is 69.0 Å². The molecule has 3 aromatic rings. The van der Waals surface area contributed by atoms with Crippen LogP contribution in [0.1, 0.15) is 24.0 Å². The van der Waals surface area contributed by atoms with Crippen molar-refractivity contribution in [3.8, 4) is 0 Å². The summed E-state index contributed by atoms with van der Waals surface area (Å²) in [6, 6.07) is 13.7. The second-order valence-electron chi connectivity index (χ2n) is 6.88. The van der Waals surface area contributed by atoms with E-state index in [0.717, 1.165) is 25.2 Å². The van der Waals surface area contributed by atoms with Gasteiger partial charge in [0, 0.05) is 17.4 Å². The molecule has 1 aliphatic rings. The molecule has 27 heavy (non-hydrogen) atoms. The predicted molar refractivity (Wildman–Crippen MR) is 111 cm³/mol.